The van der Waals surface area contributed by atoms with Crippen LogP contribution in [-0.2, 0) is 16.6 Å². The Morgan fingerprint density at radius 2 is 2.05 bits per heavy atom. The van der Waals surface area contributed by atoms with E-state index in [4.69, 9.17) is 17.3 Å². The van der Waals surface area contributed by atoms with E-state index in [0.29, 0.717) is 21.2 Å². The Kier molecular flexibility index (Phi) is 4.59. The van der Waals surface area contributed by atoms with Crippen molar-refractivity contribution < 1.29 is 9.13 Å². The molecule has 21 heavy (non-hydrogen) atoms. The molecule has 0 aromatic heterocycles. The average Bonchev–Trinajstić information content (AvgIpc) is 2.41. The summed E-state index contributed by atoms with van der Waals surface area (Å²) in [6.45, 7) is 1.82. The quantitative estimate of drug-likeness (QED) is 0.530. The van der Waals surface area contributed by atoms with E-state index in [1.165, 1.54) is 18.2 Å². The Morgan fingerprint density at radius 3 is 2.71 bits per heavy atom. The Bertz CT molecular complexity index is 734. The van der Waals surface area contributed by atoms with Crippen molar-refractivity contribution in [1.82, 2.24) is 0 Å². The van der Waals surface area contributed by atoms with Gasteiger partial charge in [-0.3, -0.25) is 14.3 Å². The molecule has 0 aliphatic carbocycles. The molecular weight excluding hydrogens is 312 g/mol. The predicted octanol–water partition coefficient (Wildman–Crippen LogP) is 3.45. The molecule has 2 aromatic rings. The summed E-state index contributed by atoms with van der Waals surface area (Å²) in [6.07, 6.45) is 0. The SMILES string of the molecule is Cc1cccc(S(=O)Cc2cc(Cl)ccc2[N+](=O)[O-])c1N. The zero-order valence-electron chi connectivity index (χ0n) is 11.2. The maximum atomic E-state index is 12.4. The highest BCUT2D eigenvalue weighted by Crippen LogP contribution is 2.27. The maximum absolute atomic E-state index is 12.4. The number of nitro benzene ring substituents is 1. The number of nitrogens with two attached hydrogens (primary N) is 1. The van der Waals surface area contributed by atoms with Crippen molar-refractivity contribution in [3.8, 4) is 0 Å². The highest BCUT2D eigenvalue weighted by molar-refractivity contribution is 7.84. The minimum atomic E-state index is -1.48. The molecule has 0 heterocycles. The number of benzene rings is 2. The fourth-order valence-electron chi connectivity index (χ4n) is 1.92. The highest BCUT2D eigenvalue weighted by Gasteiger charge is 2.18. The number of hydrogen-bond donors (Lipinski definition) is 1. The molecule has 0 radical (unpaired) electrons. The number of halogens is 1. The molecule has 0 bridgehead atoms. The van der Waals surface area contributed by atoms with Gasteiger partial charge in [-0.1, -0.05) is 23.7 Å². The van der Waals surface area contributed by atoms with E-state index in [0.717, 1.165) is 5.56 Å². The first-order chi connectivity index (χ1) is 9.90. The Labute approximate surface area is 129 Å². The first-order valence-electron chi connectivity index (χ1n) is 6.06. The lowest BCUT2D eigenvalue weighted by Gasteiger charge is -2.08. The number of nitrogen functional groups attached to an aromatic ring is 1. The molecule has 7 heteroatoms. The van der Waals surface area contributed by atoms with Crippen LogP contribution in [-0.4, -0.2) is 9.13 Å². The monoisotopic (exact) mass is 324 g/mol. The zero-order valence-corrected chi connectivity index (χ0v) is 12.8. The summed E-state index contributed by atoms with van der Waals surface area (Å²) in [7, 11) is -1.48. The van der Waals surface area contributed by atoms with Crippen LogP contribution in [0.1, 0.15) is 11.1 Å². The maximum Gasteiger partial charge on any atom is 0.273 e. The van der Waals surface area contributed by atoms with Crippen molar-refractivity contribution in [2.45, 2.75) is 17.6 Å². The summed E-state index contributed by atoms with van der Waals surface area (Å²) in [5.41, 5.74) is 7.41. The van der Waals surface area contributed by atoms with Crippen LogP contribution in [0.4, 0.5) is 11.4 Å². The third-order valence-corrected chi connectivity index (χ3v) is 4.71. The predicted molar refractivity (Wildman–Crippen MR) is 83.8 cm³/mol. The van der Waals surface area contributed by atoms with Gasteiger partial charge in [-0.05, 0) is 30.7 Å². The molecule has 0 saturated heterocycles. The Morgan fingerprint density at radius 1 is 1.33 bits per heavy atom. The van der Waals surface area contributed by atoms with Gasteiger partial charge < -0.3 is 5.73 Å². The molecule has 5 nitrogen and oxygen atoms in total. The fraction of sp³-hybridized carbons (Fsp3) is 0.143. The van der Waals surface area contributed by atoms with Gasteiger partial charge in [0, 0.05) is 16.7 Å². The number of nitrogens with zero attached hydrogens (tertiary/aromatic N) is 1. The summed E-state index contributed by atoms with van der Waals surface area (Å²) in [5.74, 6) is -0.00940. The lowest BCUT2D eigenvalue weighted by atomic mass is 10.2. The van der Waals surface area contributed by atoms with E-state index in [1.54, 1.807) is 12.1 Å². The van der Waals surface area contributed by atoms with E-state index < -0.39 is 15.7 Å². The van der Waals surface area contributed by atoms with Crippen molar-refractivity contribution in [3.63, 3.8) is 0 Å². The molecule has 0 amide bonds. The highest BCUT2D eigenvalue weighted by atomic mass is 35.5. The summed E-state index contributed by atoms with van der Waals surface area (Å²) in [4.78, 5) is 11.0. The number of hydrogen-bond acceptors (Lipinski definition) is 4. The largest absolute Gasteiger partial charge is 0.398 e. The molecule has 0 spiro atoms. The molecule has 0 saturated carbocycles. The van der Waals surface area contributed by atoms with E-state index in [1.807, 2.05) is 13.0 Å². The van der Waals surface area contributed by atoms with E-state index in [9.17, 15) is 14.3 Å². The molecule has 2 rings (SSSR count). The lowest BCUT2D eigenvalue weighted by Crippen LogP contribution is -2.04. The summed E-state index contributed by atoms with van der Waals surface area (Å²) < 4.78 is 12.4. The van der Waals surface area contributed by atoms with Crippen molar-refractivity contribution in [3.05, 3.63) is 62.7 Å². The van der Waals surface area contributed by atoms with Crippen molar-refractivity contribution in [2.24, 2.45) is 0 Å². The molecule has 2 aromatic carbocycles. The summed E-state index contributed by atoms with van der Waals surface area (Å²) in [6, 6.07) is 9.45. The Balaban J connectivity index is 2.38. The zero-order chi connectivity index (χ0) is 15.6. The van der Waals surface area contributed by atoms with Gasteiger partial charge in [-0.15, -0.1) is 0 Å². The van der Waals surface area contributed by atoms with Gasteiger partial charge >= 0.3 is 0 Å². The standard InChI is InChI=1S/C14H13ClN2O3S/c1-9-3-2-4-13(14(9)16)21(20)8-10-7-11(15)5-6-12(10)17(18)19/h2-7H,8,16H2,1H3. The number of para-hydroxylation sites is 1. The second-order valence-electron chi connectivity index (χ2n) is 4.51. The third kappa shape index (κ3) is 3.40. The van der Waals surface area contributed by atoms with E-state index in [2.05, 4.69) is 0 Å². The molecule has 0 fully saturated rings. The second kappa shape index (κ2) is 6.24. The first-order valence-corrected chi connectivity index (χ1v) is 7.76. The number of rotatable bonds is 4. The summed E-state index contributed by atoms with van der Waals surface area (Å²) >= 11 is 5.86. The van der Waals surface area contributed by atoms with Gasteiger partial charge in [-0.2, -0.15) is 0 Å². The van der Waals surface area contributed by atoms with E-state index in [-0.39, 0.29) is 11.4 Å². The normalized spacial score (nSPS) is 12.1. The topological polar surface area (TPSA) is 86.2 Å². The van der Waals surface area contributed by atoms with Crippen LogP contribution in [0.5, 0.6) is 0 Å². The third-order valence-electron chi connectivity index (χ3n) is 3.05. The van der Waals surface area contributed by atoms with Gasteiger partial charge in [-0.25, -0.2) is 0 Å². The van der Waals surface area contributed by atoms with Gasteiger partial charge in [0.1, 0.15) is 0 Å². The van der Waals surface area contributed by atoms with Crippen LogP contribution in [0.2, 0.25) is 5.02 Å². The minimum Gasteiger partial charge on any atom is -0.398 e. The summed E-state index contributed by atoms with van der Waals surface area (Å²) in [5, 5.41) is 11.4. The Hall–Kier alpha value is -1.92. The number of nitro groups is 1. The smallest absolute Gasteiger partial charge is 0.273 e. The van der Waals surface area contributed by atoms with E-state index >= 15 is 0 Å². The van der Waals surface area contributed by atoms with Crippen LogP contribution < -0.4 is 5.73 Å². The molecular formula is C14H13ClN2O3S. The molecule has 1 atom stereocenters. The number of anilines is 1. The van der Waals surface area contributed by atoms with Crippen molar-refractivity contribution in [1.29, 1.82) is 0 Å². The molecule has 2 N–H and O–H groups in total. The van der Waals surface area contributed by atoms with Gasteiger partial charge in [0.05, 0.1) is 32.1 Å². The number of aryl methyl sites for hydroxylation is 1. The van der Waals surface area contributed by atoms with Gasteiger partial charge in [0.2, 0.25) is 0 Å². The fourth-order valence-corrected chi connectivity index (χ4v) is 3.42. The molecule has 110 valence electrons. The first kappa shape index (κ1) is 15.5. The molecule has 0 aliphatic heterocycles. The van der Waals surface area contributed by atoms with Crippen LogP contribution in [0.25, 0.3) is 0 Å². The van der Waals surface area contributed by atoms with Crippen molar-refractivity contribution >= 4 is 33.8 Å². The van der Waals surface area contributed by atoms with Crippen LogP contribution in [0, 0.1) is 17.0 Å². The van der Waals surface area contributed by atoms with Crippen LogP contribution in [0.3, 0.4) is 0 Å². The molecule has 0 aliphatic rings. The lowest BCUT2D eigenvalue weighted by molar-refractivity contribution is -0.385. The van der Waals surface area contributed by atoms with Gasteiger partial charge in [0.25, 0.3) is 5.69 Å². The molecule has 1 unspecified atom stereocenters. The van der Waals surface area contributed by atoms with Crippen LogP contribution >= 0.6 is 11.6 Å². The van der Waals surface area contributed by atoms with Gasteiger partial charge in [0.15, 0.2) is 0 Å². The minimum absolute atomic E-state index is 0.00940. The average molecular weight is 325 g/mol. The van der Waals surface area contributed by atoms with Crippen LogP contribution in [0.15, 0.2) is 41.3 Å². The second-order valence-corrected chi connectivity index (χ2v) is 6.36. The van der Waals surface area contributed by atoms with Crippen molar-refractivity contribution in [2.75, 3.05) is 5.73 Å².